The first-order chi connectivity index (χ1) is 27.3. The number of carbonyl (C=O) groups excluding carboxylic acids is 2. The third-order valence-corrected chi connectivity index (χ3v) is 9.40. The van der Waals surface area contributed by atoms with Gasteiger partial charge in [0, 0.05) is 29.1 Å². The highest BCUT2D eigenvalue weighted by molar-refractivity contribution is 5.86. The summed E-state index contributed by atoms with van der Waals surface area (Å²) < 4.78 is 23.1. The van der Waals surface area contributed by atoms with Crippen LogP contribution in [0.2, 0.25) is 0 Å². The summed E-state index contributed by atoms with van der Waals surface area (Å²) in [4.78, 5) is 47.1. The fourth-order valence-electron chi connectivity index (χ4n) is 6.97. The summed E-state index contributed by atoms with van der Waals surface area (Å²) in [6, 6.07) is 29.3. The Labute approximate surface area is 327 Å². The minimum atomic E-state index is -0.640. The minimum absolute atomic E-state index is 0.478. The van der Waals surface area contributed by atoms with Crippen LogP contribution in [0.4, 0.5) is 9.59 Å². The van der Waals surface area contributed by atoms with Crippen molar-refractivity contribution < 1.29 is 23.8 Å². The number of carbonyl (C=O) groups is 2. The van der Waals surface area contributed by atoms with Crippen molar-refractivity contribution in [1.29, 1.82) is 0 Å². The molecule has 286 valence electrons. The number of aromatic nitrogens is 8. The van der Waals surface area contributed by atoms with E-state index < -0.39 is 29.6 Å². The van der Waals surface area contributed by atoms with E-state index in [1.165, 1.54) is 9.13 Å². The molecule has 1 aliphatic heterocycles. The van der Waals surface area contributed by atoms with E-state index in [-0.39, 0.29) is 0 Å². The number of nitrogens with one attached hydrogen (secondary N) is 2. The maximum Gasteiger partial charge on any atom is 0.419 e. The summed E-state index contributed by atoms with van der Waals surface area (Å²) in [6.45, 7) is 11.0. The van der Waals surface area contributed by atoms with Gasteiger partial charge in [-0.15, -0.1) is 0 Å². The van der Waals surface area contributed by atoms with Gasteiger partial charge in [0.05, 0.1) is 51.8 Å². The topological polar surface area (TPSA) is 147 Å². The van der Waals surface area contributed by atoms with Crippen molar-refractivity contribution in [3.63, 3.8) is 0 Å². The Bertz CT molecular complexity index is 2810. The van der Waals surface area contributed by atoms with Crippen molar-refractivity contribution in [2.75, 3.05) is 0 Å². The lowest BCUT2D eigenvalue weighted by atomic mass is 10.0. The van der Waals surface area contributed by atoms with Crippen molar-refractivity contribution in [1.82, 2.24) is 38.6 Å². The van der Waals surface area contributed by atoms with Crippen molar-refractivity contribution in [3.05, 3.63) is 121 Å². The largest absolute Gasteiger partial charge is 0.465 e. The molecule has 0 amide bonds. The fraction of sp³-hybridized carbons (Fsp3) is 0.205. The second kappa shape index (κ2) is 13.3. The van der Waals surface area contributed by atoms with Crippen LogP contribution < -0.4 is 4.74 Å². The zero-order chi connectivity index (χ0) is 39.6. The van der Waals surface area contributed by atoms with Gasteiger partial charge in [-0.05, 0) is 90.1 Å². The number of H-pyrrole nitrogens is 2. The summed E-state index contributed by atoms with van der Waals surface area (Å²) in [5.74, 6) is 2.50. The molecular weight excluding hydrogens is 721 g/mol. The van der Waals surface area contributed by atoms with Crippen LogP contribution in [0, 0.1) is 0 Å². The molecule has 57 heavy (non-hydrogen) atoms. The van der Waals surface area contributed by atoms with E-state index >= 15 is 0 Å². The predicted molar refractivity (Wildman–Crippen MR) is 216 cm³/mol. The van der Waals surface area contributed by atoms with Crippen LogP contribution >= 0.6 is 0 Å². The zero-order valence-corrected chi connectivity index (χ0v) is 32.3. The van der Waals surface area contributed by atoms with Crippen LogP contribution in [0.3, 0.4) is 0 Å². The number of rotatable bonds is 5. The van der Waals surface area contributed by atoms with Crippen LogP contribution in [0.1, 0.15) is 53.3 Å². The standard InChI is InChI=1S/C44H40N8O5/c1-43(2,3)56-41(53)50-20-10-14-33(50)37-45-24-32(49-37)27-16-18-29-36(23-27)55-40(26-12-8-7-9-13-26)52-35(25-46-39(29)52)28-17-19-30-31(22-28)48-38(47-30)34-15-11-21-51(34)42(54)57-44(4,5)6/h7-25,40H,1-6H3,(H,45,49)(H,47,48)/t40-/m0/s1. The van der Waals surface area contributed by atoms with Gasteiger partial charge in [-0.2, -0.15) is 0 Å². The summed E-state index contributed by atoms with van der Waals surface area (Å²) in [5.41, 5.74) is 6.61. The number of benzene rings is 3. The van der Waals surface area contributed by atoms with E-state index in [4.69, 9.17) is 24.2 Å². The highest BCUT2D eigenvalue weighted by Gasteiger charge is 2.32. The molecule has 13 nitrogen and oxygen atoms in total. The van der Waals surface area contributed by atoms with Crippen LogP contribution in [-0.2, 0) is 9.47 Å². The first-order valence-electron chi connectivity index (χ1n) is 18.6. The molecule has 9 rings (SSSR count). The van der Waals surface area contributed by atoms with Crippen LogP contribution in [0.25, 0.3) is 68.0 Å². The molecule has 0 fully saturated rings. The van der Waals surface area contributed by atoms with E-state index in [9.17, 15) is 9.59 Å². The minimum Gasteiger partial charge on any atom is -0.465 e. The second-order valence-corrected chi connectivity index (χ2v) is 15.9. The summed E-state index contributed by atoms with van der Waals surface area (Å²) >= 11 is 0. The number of hydrogen-bond acceptors (Lipinski definition) is 8. The molecule has 0 spiro atoms. The average molecular weight is 761 g/mol. The Hall–Kier alpha value is -7.15. The Morgan fingerprint density at radius 1 is 0.684 bits per heavy atom. The van der Waals surface area contributed by atoms with Gasteiger partial charge in [0.2, 0.25) is 6.23 Å². The smallest absolute Gasteiger partial charge is 0.419 e. The molecule has 13 heteroatoms. The third-order valence-electron chi connectivity index (χ3n) is 9.40. The molecule has 0 unspecified atom stereocenters. The van der Waals surface area contributed by atoms with Crippen molar-refractivity contribution in [3.8, 4) is 62.7 Å². The number of hydrogen-bond donors (Lipinski definition) is 2. The first-order valence-corrected chi connectivity index (χ1v) is 18.6. The molecule has 2 N–H and O–H groups in total. The van der Waals surface area contributed by atoms with E-state index in [0.717, 1.165) is 50.5 Å². The van der Waals surface area contributed by atoms with Gasteiger partial charge in [0.1, 0.15) is 22.8 Å². The SMILES string of the molecule is CC(C)(C)OC(=O)n1cccc1-c1ncc(-c2ccc3c(c2)O[C@@H](c2ccccc2)n2c(-c4ccc5nc(-c6cccn6C(=O)OC(C)(C)C)[nH]c5c4)cnc2-3)[nH]1. The fourth-order valence-corrected chi connectivity index (χ4v) is 6.97. The Morgan fingerprint density at radius 3 is 2.04 bits per heavy atom. The molecule has 1 atom stereocenters. The van der Waals surface area contributed by atoms with Gasteiger partial charge < -0.3 is 24.2 Å². The first kappa shape index (κ1) is 35.5. The monoisotopic (exact) mass is 760 g/mol. The van der Waals surface area contributed by atoms with Crippen LogP contribution in [0.15, 0.2) is 116 Å². The molecule has 1 aliphatic rings. The molecule has 3 aromatic carbocycles. The van der Waals surface area contributed by atoms with Gasteiger partial charge >= 0.3 is 12.2 Å². The van der Waals surface area contributed by atoms with Crippen LogP contribution in [-0.4, -0.2) is 62.0 Å². The quantitative estimate of drug-likeness (QED) is 0.176. The lowest BCUT2D eigenvalue weighted by Gasteiger charge is -2.30. The highest BCUT2D eigenvalue weighted by Crippen LogP contribution is 2.44. The Balaban J connectivity index is 1.06. The molecular formula is C44H40N8O5. The summed E-state index contributed by atoms with van der Waals surface area (Å²) in [7, 11) is 0. The molecule has 0 saturated heterocycles. The van der Waals surface area contributed by atoms with Crippen LogP contribution in [0.5, 0.6) is 5.75 Å². The van der Waals surface area contributed by atoms with Gasteiger partial charge in [0.15, 0.2) is 11.6 Å². The van der Waals surface area contributed by atoms with Gasteiger partial charge in [-0.3, -0.25) is 4.57 Å². The number of ether oxygens (including phenoxy) is 3. The molecule has 6 heterocycles. The van der Waals surface area contributed by atoms with Gasteiger partial charge in [-0.1, -0.05) is 42.5 Å². The highest BCUT2D eigenvalue weighted by atomic mass is 16.6. The maximum atomic E-state index is 13.0. The average Bonchev–Trinajstić information content (AvgIpc) is 4.01. The third kappa shape index (κ3) is 6.66. The van der Waals surface area contributed by atoms with Crippen molar-refractivity contribution >= 4 is 23.2 Å². The summed E-state index contributed by atoms with van der Waals surface area (Å²) in [6.07, 6.45) is 5.46. The maximum absolute atomic E-state index is 13.0. The molecule has 0 saturated carbocycles. The zero-order valence-electron chi connectivity index (χ0n) is 32.3. The number of imidazole rings is 3. The lowest BCUT2D eigenvalue weighted by molar-refractivity contribution is 0.0528. The summed E-state index contributed by atoms with van der Waals surface area (Å²) in [5, 5.41) is 0. The van der Waals surface area contributed by atoms with E-state index in [2.05, 4.69) is 19.5 Å². The lowest BCUT2D eigenvalue weighted by Crippen LogP contribution is -2.27. The number of fused-ring (bicyclic) bond motifs is 4. The Kier molecular flexibility index (Phi) is 8.27. The normalized spacial score (nSPS) is 13.9. The molecule has 8 aromatic rings. The predicted octanol–water partition coefficient (Wildman–Crippen LogP) is 9.93. The second-order valence-electron chi connectivity index (χ2n) is 15.9. The molecule has 0 aliphatic carbocycles. The number of aromatic amines is 2. The van der Waals surface area contributed by atoms with Crippen molar-refractivity contribution in [2.24, 2.45) is 0 Å². The van der Waals surface area contributed by atoms with E-state index in [1.54, 1.807) is 30.7 Å². The van der Waals surface area contributed by atoms with Crippen molar-refractivity contribution in [2.45, 2.75) is 59.0 Å². The van der Waals surface area contributed by atoms with E-state index in [1.807, 2.05) is 127 Å². The van der Waals surface area contributed by atoms with Gasteiger partial charge in [-0.25, -0.2) is 33.7 Å². The van der Waals surface area contributed by atoms with Gasteiger partial charge in [0.25, 0.3) is 0 Å². The number of nitrogens with zero attached hydrogens (tertiary/aromatic N) is 6. The molecule has 0 radical (unpaired) electrons. The van der Waals surface area contributed by atoms with E-state index in [0.29, 0.717) is 28.8 Å². The molecule has 5 aromatic heterocycles. The molecule has 0 bridgehead atoms. The Morgan fingerprint density at radius 2 is 1.35 bits per heavy atom.